The zero-order chi connectivity index (χ0) is 25.2. The zero-order valence-electron chi connectivity index (χ0n) is 20.0. The van der Waals surface area contributed by atoms with Crippen LogP contribution in [0.3, 0.4) is 0 Å². The van der Waals surface area contributed by atoms with Crippen LogP contribution in [-0.2, 0) is 4.79 Å². The van der Waals surface area contributed by atoms with Gasteiger partial charge in [-0.15, -0.1) is 10.7 Å². The first-order valence-corrected chi connectivity index (χ1v) is 11.5. The molecular formula is C24H27N9O3. The molecule has 1 fully saturated rings. The molecule has 0 aliphatic carbocycles. The highest BCUT2D eigenvalue weighted by molar-refractivity contribution is 5.98. The van der Waals surface area contributed by atoms with Gasteiger partial charge in [0.2, 0.25) is 5.91 Å². The van der Waals surface area contributed by atoms with Crippen molar-refractivity contribution in [1.29, 1.82) is 0 Å². The quantitative estimate of drug-likeness (QED) is 0.470. The fourth-order valence-electron chi connectivity index (χ4n) is 4.17. The summed E-state index contributed by atoms with van der Waals surface area (Å²) in [7, 11) is 1.86. The van der Waals surface area contributed by atoms with E-state index in [0.29, 0.717) is 13.1 Å². The van der Waals surface area contributed by atoms with Crippen LogP contribution in [0.1, 0.15) is 17.3 Å². The van der Waals surface area contributed by atoms with E-state index >= 15 is 0 Å². The van der Waals surface area contributed by atoms with Crippen LogP contribution in [0.15, 0.2) is 54.7 Å². The summed E-state index contributed by atoms with van der Waals surface area (Å²) in [5.41, 5.74) is 12.2. The minimum absolute atomic E-state index is 0.0278. The highest BCUT2D eigenvalue weighted by atomic mass is 16.7. The first kappa shape index (κ1) is 23.2. The maximum Gasteiger partial charge on any atom is 0.347 e. The van der Waals surface area contributed by atoms with Crippen molar-refractivity contribution in [1.82, 2.24) is 20.4 Å². The number of primary amides is 1. The molecule has 0 unspecified atom stereocenters. The van der Waals surface area contributed by atoms with Crippen LogP contribution in [0.5, 0.6) is 6.01 Å². The van der Waals surface area contributed by atoms with Crippen molar-refractivity contribution >= 4 is 40.4 Å². The largest absolute Gasteiger partial charge is 0.368 e. The number of fused-ring (bicyclic) bond motifs is 1. The normalized spacial score (nSPS) is 15.1. The number of benzene rings is 2. The molecule has 2 aliphatic heterocycles. The fourth-order valence-corrected chi connectivity index (χ4v) is 4.17. The third kappa shape index (κ3) is 4.66. The van der Waals surface area contributed by atoms with Gasteiger partial charge in [0.15, 0.2) is 5.82 Å². The van der Waals surface area contributed by atoms with Gasteiger partial charge in [0, 0.05) is 57.7 Å². The molecule has 5 rings (SSSR count). The average molecular weight is 490 g/mol. The number of nitrogens with zero attached hydrogens (tertiary/aromatic N) is 6. The smallest absolute Gasteiger partial charge is 0.347 e. The van der Waals surface area contributed by atoms with E-state index in [1.165, 1.54) is 11.4 Å². The summed E-state index contributed by atoms with van der Waals surface area (Å²) < 4.78 is 0. The molecule has 2 aromatic carbocycles. The summed E-state index contributed by atoms with van der Waals surface area (Å²) in [6.45, 7) is 4.54. The number of piperazine rings is 1. The molecule has 0 radical (unpaired) electrons. The molecule has 2 aliphatic rings. The molecule has 0 spiro atoms. The maximum atomic E-state index is 12.0. The van der Waals surface area contributed by atoms with Crippen molar-refractivity contribution in [3.8, 4) is 6.01 Å². The maximum absolute atomic E-state index is 12.0. The third-order valence-corrected chi connectivity index (χ3v) is 6.13. The van der Waals surface area contributed by atoms with Crippen LogP contribution in [-0.4, -0.2) is 59.9 Å². The van der Waals surface area contributed by atoms with Crippen LogP contribution in [0.25, 0.3) is 0 Å². The number of hydrazine groups is 2. The van der Waals surface area contributed by atoms with E-state index in [0.717, 1.165) is 35.8 Å². The molecule has 3 aromatic rings. The highest BCUT2D eigenvalue weighted by Crippen LogP contribution is 2.32. The molecule has 12 nitrogen and oxygen atoms in total. The van der Waals surface area contributed by atoms with Gasteiger partial charge in [-0.1, -0.05) is 12.1 Å². The lowest BCUT2D eigenvalue weighted by molar-refractivity contribution is -0.129. The molecule has 0 saturated carbocycles. The number of hydrogen-bond acceptors (Lipinski definition) is 10. The Kier molecular flexibility index (Phi) is 6.17. The van der Waals surface area contributed by atoms with Gasteiger partial charge in [-0.05, 0) is 36.4 Å². The Morgan fingerprint density at radius 3 is 2.39 bits per heavy atom. The first-order chi connectivity index (χ1) is 17.4. The molecular weight excluding hydrogens is 462 g/mol. The van der Waals surface area contributed by atoms with E-state index in [1.807, 2.05) is 60.5 Å². The van der Waals surface area contributed by atoms with E-state index in [-0.39, 0.29) is 23.3 Å². The molecule has 1 aromatic heterocycles. The second kappa shape index (κ2) is 9.58. The van der Waals surface area contributed by atoms with E-state index in [9.17, 15) is 9.59 Å². The number of para-hydroxylation sites is 2. The molecule has 1 saturated heterocycles. The van der Waals surface area contributed by atoms with Gasteiger partial charge >= 0.3 is 6.01 Å². The summed E-state index contributed by atoms with van der Waals surface area (Å²) in [6, 6.07) is 15.4. The van der Waals surface area contributed by atoms with Gasteiger partial charge < -0.3 is 25.7 Å². The van der Waals surface area contributed by atoms with Crippen LogP contribution in [0, 0.1) is 0 Å². The molecule has 0 bridgehead atoms. The monoisotopic (exact) mass is 489 g/mol. The lowest BCUT2D eigenvalue weighted by atomic mass is 10.2. The predicted molar refractivity (Wildman–Crippen MR) is 136 cm³/mol. The van der Waals surface area contributed by atoms with Crippen LogP contribution < -0.4 is 36.5 Å². The van der Waals surface area contributed by atoms with Crippen molar-refractivity contribution in [2.75, 3.05) is 53.6 Å². The Bertz CT molecular complexity index is 1280. The number of carbonyl (C=O) groups excluding carboxylic acids is 2. The number of nitrogens with two attached hydrogens (primary N) is 1. The molecule has 3 heterocycles. The Labute approximate surface area is 208 Å². The van der Waals surface area contributed by atoms with Gasteiger partial charge in [-0.2, -0.15) is 4.98 Å². The summed E-state index contributed by atoms with van der Waals surface area (Å²) in [4.78, 5) is 42.0. The van der Waals surface area contributed by atoms with E-state index in [2.05, 4.69) is 25.7 Å². The van der Waals surface area contributed by atoms with E-state index in [1.54, 1.807) is 11.9 Å². The van der Waals surface area contributed by atoms with Gasteiger partial charge in [0.05, 0.1) is 5.69 Å². The summed E-state index contributed by atoms with van der Waals surface area (Å²) in [5, 5.41) is 6.39. The van der Waals surface area contributed by atoms with Crippen molar-refractivity contribution < 1.29 is 14.4 Å². The van der Waals surface area contributed by atoms with Crippen LogP contribution in [0.4, 0.5) is 28.6 Å². The Hall–Kier alpha value is -4.58. The molecule has 0 atom stereocenters. The Balaban J connectivity index is 1.31. The van der Waals surface area contributed by atoms with Crippen LogP contribution >= 0.6 is 0 Å². The predicted octanol–water partition coefficient (Wildman–Crippen LogP) is 1.66. The average Bonchev–Trinajstić information content (AvgIpc) is 3.19. The minimum atomic E-state index is -0.659. The van der Waals surface area contributed by atoms with Crippen LogP contribution in [0.2, 0.25) is 0 Å². The van der Waals surface area contributed by atoms with Gasteiger partial charge in [0.1, 0.15) is 11.3 Å². The first-order valence-electron chi connectivity index (χ1n) is 11.5. The second-order valence-corrected chi connectivity index (χ2v) is 8.48. The number of amides is 2. The lowest BCUT2D eigenvalue weighted by Crippen LogP contribution is -2.48. The summed E-state index contributed by atoms with van der Waals surface area (Å²) in [6.07, 6.45) is 1.33. The topological polar surface area (TPSA) is 132 Å². The van der Waals surface area contributed by atoms with Crippen molar-refractivity contribution in [3.05, 3.63) is 60.3 Å². The SMILES string of the molecule is CC(=O)N1CCN(c2ccc(Nc3nc(ON4NN(C)c5ccccc54)ncc3C(N)=O)cc2)CC1. The standard InChI is InChI=1S/C24H27N9O3/c1-16(34)31-11-13-32(14-12-31)18-9-7-17(8-10-18)27-23-19(22(25)35)15-26-24(28-23)36-33-21-6-4-3-5-20(21)30(2)29-33/h3-10,15,29H,11-14H2,1-2H3,(H2,25,35)(H,26,27,28). The Morgan fingerprint density at radius 2 is 1.72 bits per heavy atom. The van der Waals surface area contributed by atoms with E-state index in [4.69, 9.17) is 10.6 Å². The molecule has 36 heavy (non-hydrogen) atoms. The van der Waals surface area contributed by atoms with Gasteiger partial charge in [-0.3, -0.25) is 14.6 Å². The molecule has 12 heteroatoms. The number of carbonyl (C=O) groups is 2. The number of rotatable bonds is 6. The summed E-state index contributed by atoms with van der Waals surface area (Å²) in [5.74, 6) is -0.325. The number of anilines is 5. The van der Waals surface area contributed by atoms with Crippen molar-refractivity contribution in [3.63, 3.8) is 0 Å². The lowest BCUT2D eigenvalue weighted by Gasteiger charge is -2.35. The van der Waals surface area contributed by atoms with Gasteiger partial charge in [-0.25, -0.2) is 4.98 Å². The molecule has 4 N–H and O–H groups in total. The van der Waals surface area contributed by atoms with E-state index < -0.39 is 5.91 Å². The number of hydrogen-bond donors (Lipinski definition) is 3. The minimum Gasteiger partial charge on any atom is -0.368 e. The Morgan fingerprint density at radius 1 is 1.03 bits per heavy atom. The number of nitrogens with one attached hydrogen (secondary N) is 2. The number of aromatic nitrogens is 2. The molecule has 186 valence electrons. The van der Waals surface area contributed by atoms with Gasteiger partial charge in [0.25, 0.3) is 5.91 Å². The fraction of sp³-hybridized carbons (Fsp3) is 0.250. The molecule has 2 amide bonds. The highest BCUT2D eigenvalue weighted by Gasteiger charge is 2.26. The summed E-state index contributed by atoms with van der Waals surface area (Å²) >= 11 is 0. The van der Waals surface area contributed by atoms with Crippen molar-refractivity contribution in [2.24, 2.45) is 5.73 Å². The third-order valence-electron chi connectivity index (χ3n) is 6.13. The second-order valence-electron chi connectivity index (χ2n) is 8.48. The zero-order valence-corrected chi connectivity index (χ0v) is 20.0. The van der Waals surface area contributed by atoms with Crippen molar-refractivity contribution in [2.45, 2.75) is 6.92 Å².